The predicted octanol–water partition coefficient (Wildman–Crippen LogP) is 4.19. The van der Waals surface area contributed by atoms with Crippen molar-refractivity contribution in [2.45, 2.75) is 27.2 Å². The van der Waals surface area contributed by atoms with E-state index in [0.717, 1.165) is 10.4 Å². The number of anilines is 1. The van der Waals surface area contributed by atoms with Gasteiger partial charge in [0.25, 0.3) is 5.91 Å². The number of benzene rings is 1. The molecular weight excluding hydrogens is 317 g/mol. The lowest BCUT2D eigenvalue weighted by molar-refractivity contribution is 0.0527. The molecule has 1 aromatic heterocycles. The van der Waals surface area contributed by atoms with E-state index in [1.807, 2.05) is 13.8 Å². The van der Waals surface area contributed by atoms with Gasteiger partial charge in [-0.2, -0.15) is 0 Å². The van der Waals surface area contributed by atoms with Crippen LogP contribution in [0.3, 0.4) is 0 Å². The summed E-state index contributed by atoms with van der Waals surface area (Å²) in [6, 6.07) is 5.72. The lowest BCUT2D eigenvalue weighted by Gasteiger charge is -2.08. The normalized spacial score (nSPS) is 10.4. The van der Waals surface area contributed by atoms with E-state index in [4.69, 9.17) is 4.74 Å². The molecule has 0 aliphatic heterocycles. The van der Waals surface area contributed by atoms with Crippen LogP contribution in [0.15, 0.2) is 24.3 Å². The van der Waals surface area contributed by atoms with E-state index in [1.54, 1.807) is 13.0 Å². The fraction of sp³-hybridized carbons (Fsp3) is 0.294. The van der Waals surface area contributed by atoms with Gasteiger partial charge in [-0.15, -0.1) is 11.3 Å². The number of carbonyl (C=O) groups excluding carboxylic acids is 2. The number of hydrogen-bond acceptors (Lipinski definition) is 4. The number of carbonyl (C=O) groups is 2. The summed E-state index contributed by atoms with van der Waals surface area (Å²) in [6.07, 6.45) is 0.645. The molecule has 2 rings (SSSR count). The summed E-state index contributed by atoms with van der Waals surface area (Å²) in [5.74, 6) is -1.67. The Bertz CT molecular complexity index is 739. The standard InChI is InChI=1S/C17H18FNO3S/c1-4-11-10(3)23-16(14(11)17(21)22-5-2)19-15(20)12-8-6-7-9-13(12)18/h6-9H,4-5H2,1-3H3,(H,19,20). The highest BCUT2D eigenvalue weighted by atomic mass is 32.1. The maximum Gasteiger partial charge on any atom is 0.341 e. The highest BCUT2D eigenvalue weighted by Gasteiger charge is 2.24. The van der Waals surface area contributed by atoms with Gasteiger partial charge in [-0.3, -0.25) is 4.79 Å². The average Bonchev–Trinajstić information content (AvgIpc) is 2.83. The topological polar surface area (TPSA) is 55.4 Å². The molecule has 2 aromatic rings. The second-order valence-corrected chi connectivity index (χ2v) is 6.07. The number of ether oxygens (including phenoxy) is 1. The number of halogens is 1. The van der Waals surface area contributed by atoms with Crippen molar-refractivity contribution in [3.8, 4) is 0 Å². The molecule has 0 radical (unpaired) electrons. The van der Waals surface area contributed by atoms with Gasteiger partial charge in [-0.25, -0.2) is 9.18 Å². The number of esters is 1. The van der Waals surface area contributed by atoms with Crippen LogP contribution in [-0.4, -0.2) is 18.5 Å². The molecule has 4 nitrogen and oxygen atoms in total. The zero-order chi connectivity index (χ0) is 17.0. The first-order chi connectivity index (χ1) is 11.0. The van der Waals surface area contributed by atoms with Crippen LogP contribution in [0.5, 0.6) is 0 Å². The number of aryl methyl sites for hydroxylation is 1. The molecular formula is C17H18FNO3S. The van der Waals surface area contributed by atoms with E-state index in [0.29, 0.717) is 17.0 Å². The van der Waals surface area contributed by atoms with Gasteiger partial charge in [-0.1, -0.05) is 19.1 Å². The van der Waals surface area contributed by atoms with E-state index < -0.39 is 17.7 Å². The molecule has 122 valence electrons. The number of nitrogens with one attached hydrogen (secondary N) is 1. The summed E-state index contributed by atoms with van der Waals surface area (Å²) < 4.78 is 18.8. The van der Waals surface area contributed by atoms with Gasteiger partial charge < -0.3 is 10.1 Å². The van der Waals surface area contributed by atoms with Crippen LogP contribution < -0.4 is 5.32 Å². The van der Waals surface area contributed by atoms with Gasteiger partial charge in [0.1, 0.15) is 10.8 Å². The second-order valence-electron chi connectivity index (χ2n) is 4.85. The summed E-state index contributed by atoms with van der Waals surface area (Å²) in [5.41, 5.74) is 1.14. The van der Waals surface area contributed by atoms with Crippen LogP contribution in [0.4, 0.5) is 9.39 Å². The number of rotatable bonds is 5. The fourth-order valence-corrected chi connectivity index (χ4v) is 3.46. The minimum atomic E-state index is -0.605. The van der Waals surface area contributed by atoms with E-state index in [2.05, 4.69) is 5.32 Å². The Balaban J connectivity index is 2.38. The first-order valence-electron chi connectivity index (χ1n) is 7.34. The summed E-state index contributed by atoms with van der Waals surface area (Å²) in [4.78, 5) is 25.4. The summed E-state index contributed by atoms with van der Waals surface area (Å²) in [5, 5.41) is 3.04. The average molecular weight is 335 g/mol. The Hall–Kier alpha value is -2.21. The maximum absolute atomic E-state index is 13.7. The summed E-state index contributed by atoms with van der Waals surface area (Å²) in [7, 11) is 0. The Labute approximate surface area is 138 Å². The summed E-state index contributed by atoms with van der Waals surface area (Å²) >= 11 is 1.29. The van der Waals surface area contributed by atoms with Crippen molar-refractivity contribution in [2.75, 3.05) is 11.9 Å². The minimum Gasteiger partial charge on any atom is -0.462 e. The van der Waals surface area contributed by atoms with Gasteiger partial charge >= 0.3 is 5.97 Å². The Kier molecular flexibility index (Phi) is 5.50. The maximum atomic E-state index is 13.7. The first-order valence-corrected chi connectivity index (χ1v) is 8.16. The molecule has 0 unspecified atom stereocenters. The lowest BCUT2D eigenvalue weighted by Crippen LogP contribution is -2.16. The molecule has 1 heterocycles. The second kappa shape index (κ2) is 7.37. The molecule has 1 aromatic carbocycles. The van der Waals surface area contributed by atoms with Crippen molar-refractivity contribution in [1.29, 1.82) is 0 Å². The molecule has 0 saturated heterocycles. The quantitative estimate of drug-likeness (QED) is 0.834. The molecule has 1 N–H and O–H groups in total. The minimum absolute atomic E-state index is 0.0635. The van der Waals surface area contributed by atoms with Crippen LogP contribution >= 0.6 is 11.3 Å². The van der Waals surface area contributed by atoms with Gasteiger partial charge in [0.05, 0.1) is 17.7 Å². The zero-order valence-electron chi connectivity index (χ0n) is 13.2. The van der Waals surface area contributed by atoms with E-state index in [1.165, 1.54) is 29.5 Å². The monoisotopic (exact) mass is 335 g/mol. The molecule has 0 aliphatic rings. The van der Waals surface area contributed by atoms with E-state index >= 15 is 0 Å². The third-order valence-corrected chi connectivity index (χ3v) is 4.45. The molecule has 23 heavy (non-hydrogen) atoms. The molecule has 1 amide bonds. The van der Waals surface area contributed by atoms with Gasteiger partial charge in [-0.05, 0) is 38.0 Å². The third kappa shape index (κ3) is 3.59. The molecule has 0 aliphatic carbocycles. The smallest absolute Gasteiger partial charge is 0.341 e. The molecule has 0 spiro atoms. The SMILES string of the molecule is CCOC(=O)c1c(NC(=O)c2ccccc2F)sc(C)c1CC. The third-order valence-electron chi connectivity index (χ3n) is 3.39. The van der Waals surface area contributed by atoms with Crippen molar-refractivity contribution >= 4 is 28.2 Å². The van der Waals surface area contributed by atoms with Crippen LogP contribution in [0.1, 0.15) is 45.0 Å². The van der Waals surface area contributed by atoms with Crippen molar-refractivity contribution in [1.82, 2.24) is 0 Å². The fourth-order valence-electron chi connectivity index (χ4n) is 2.33. The van der Waals surface area contributed by atoms with E-state index in [-0.39, 0.29) is 12.2 Å². The first kappa shape index (κ1) is 17.1. The number of amides is 1. The lowest BCUT2D eigenvalue weighted by atomic mass is 10.1. The van der Waals surface area contributed by atoms with Crippen molar-refractivity contribution in [3.63, 3.8) is 0 Å². The van der Waals surface area contributed by atoms with Gasteiger partial charge in [0, 0.05) is 4.88 Å². The molecule has 0 atom stereocenters. The Morgan fingerprint density at radius 3 is 2.57 bits per heavy atom. The van der Waals surface area contributed by atoms with Gasteiger partial charge in [0.15, 0.2) is 0 Å². The molecule has 6 heteroatoms. The molecule has 0 bridgehead atoms. The van der Waals surface area contributed by atoms with Crippen LogP contribution in [0, 0.1) is 12.7 Å². The molecule has 0 saturated carbocycles. The number of hydrogen-bond donors (Lipinski definition) is 1. The van der Waals surface area contributed by atoms with E-state index in [9.17, 15) is 14.0 Å². The molecule has 0 fully saturated rings. The highest BCUT2D eigenvalue weighted by molar-refractivity contribution is 7.16. The van der Waals surface area contributed by atoms with Gasteiger partial charge in [0.2, 0.25) is 0 Å². The zero-order valence-corrected chi connectivity index (χ0v) is 14.1. The van der Waals surface area contributed by atoms with Crippen LogP contribution in [0.2, 0.25) is 0 Å². The van der Waals surface area contributed by atoms with Crippen molar-refractivity contribution < 1.29 is 18.7 Å². The van der Waals surface area contributed by atoms with Crippen LogP contribution in [-0.2, 0) is 11.2 Å². The Morgan fingerprint density at radius 1 is 1.26 bits per heavy atom. The summed E-state index contributed by atoms with van der Waals surface area (Å²) in [6.45, 7) is 5.78. The van der Waals surface area contributed by atoms with Crippen LogP contribution in [0.25, 0.3) is 0 Å². The Morgan fingerprint density at radius 2 is 1.96 bits per heavy atom. The largest absolute Gasteiger partial charge is 0.462 e. The van der Waals surface area contributed by atoms with Crippen molar-refractivity contribution in [3.05, 3.63) is 51.7 Å². The number of thiophene rings is 1. The van der Waals surface area contributed by atoms with Crippen molar-refractivity contribution in [2.24, 2.45) is 0 Å². The predicted molar refractivity (Wildman–Crippen MR) is 88.7 cm³/mol. The highest BCUT2D eigenvalue weighted by Crippen LogP contribution is 2.34.